The number of hydrogen-bond acceptors (Lipinski definition) is 4. The van der Waals surface area contributed by atoms with E-state index in [-0.39, 0.29) is 17.8 Å². The molecular weight excluding hydrogens is 395 g/mol. The van der Waals surface area contributed by atoms with Crippen LogP contribution in [-0.2, 0) is 0 Å². The lowest BCUT2D eigenvalue weighted by molar-refractivity contribution is 0.0937. The molecule has 0 unspecified atom stereocenters. The molecule has 29 heavy (non-hydrogen) atoms. The van der Waals surface area contributed by atoms with E-state index in [1.165, 1.54) is 19.2 Å². The molecule has 1 saturated heterocycles. The summed E-state index contributed by atoms with van der Waals surface area (Å²) in [7, 11) is 1.51. The van der Waals surface area contributed by atoms with E-state index < -0.39 is 0 Å². The van der Waals surface area contributed by atoms with Gasteiger partial charge in [0, 0.05) is 30.2 Å². The number of methoxy groups -OCH3 is 1. The van der Waals surface area contributed by atoms with E-state index in [9.17, 15) is 9.18 Å². The Morgan fingerprint density at radius 3 is 2.83 bits per heavy atom. The third-order valence-electron chi connectivity index (χ3n) is 4.98. The second kappa shape index (κ2) is 8.13. The summed E-state index contributed by atoms with van der Waals surface area (Å²) in [5, 5.41) is 10.9. The van der Waals surface area contributed by atoms with Crippen LogP contribution in [0.2, 0.25) is 5.02 Å². The van der Waals surface area contributed by atoms with E-state index in [0.717, 1.165) is 30.0 Å². The summed E-state index contributed by atoms with van der Waals surface area (Å²) in [6.45, 7) is 1.42. The number of rotatable bonds is 5. The Hall–Kier alpha value is -3.06. The summed E-state index contributed by atoms with van der Waals surface area (Å²) < 4.78 is 18.4. The molecule has 8 heteroatoms. The summed E-state index contributed by atoms with van der Waals surface area (Å²) >= 11 is 5.96. The minimum atomic E-state index is -0.274. The number of nitrogens with zero attached hydrogens (tertiary/aromatic N) is 2. The van der Waals surface area contributed by atoms with Gasteiger partial charge in [0.05, 0.1) is 18.4 Å². The monoisotopic (exact) mass is 414 g/mol. The largest absolute Gasteiger partial charge is 0.496 e. The number of aromatic amines is 1. The molecule has 0 radical (unpaired) electrons. The Balaban J connectivity index is 1.41. The van der Waals surface area contributed by atoms with E-state index in [2.05, 4.69) is 20.4 Å². The second-order valence-electron chi connectivity index (χ2n) is 6.90. The number of carbonyl (C=O) groups is 1. The molecule has 1 aliphatic heterocycles. The molecular formula is C21H20ClFN4O2. The van der Waals surface area contributed by atoms with Crippen molar-refractivity contribution < 1.29 is 13.9 Å². The van der Waals surface area contributed by atoms with Crippen molar-refractivity contribution in [3.63, 3.8) is 0 Å². The van der Waals surface area contributed by atoms with Crippen molar-refractivity contribution in [2.45, 2.75) is 12.5 Å². The van der Waals surface area contributed by atoms with Gasteiger partial charge in [-0.1, -0.05) is 11.6 Å². The van der Waals surface area contributed by atoms with E-state index in [1.54, 1.807) is 30.3 Å². The number of hydrogen-bond donors (Lipinski definition) is 2. The third kappa shape index (κ3) is 4.19. The summed E-state index contributed by atoms with van der Waals surface area (Å²) in [5.74, 6) is 0.773. The van der Waals surface area contributed by atoms with Crippen molar-refractivity contribution in [3.8, 4) is 17.0 Å². The van der Waals surface area contributed by atoms with Gasteiger partial charge in [0.1, 0.15) is 11.6 Å². The van der Waals surface area contributed by atoms with Crippen LogP contribution in [0.5, 0.6) is 5.75 Å². The average Bonchev–Trinajstić information content (AvgIpc) is 3.38. The Kier molecular flexibility index (Phi) is 5.40. The Labute approximate surface area is 172 Å². The fourth-order valence-corrected chi connectivity index (χ4v) is 3.61. The zero-order valence-electron chi connectivity index (χ0n) is 15.8. The van der Waals surface area contributed by atoms with Crippen molar-refractivity contribution in [2.75, 3.05) is 25.1 Å². The van der Waals surface area contributed by atoms with Gasteiger partial charge in [0.25, 0.3) is 5.91 Å². The van der Waals surface area contributed by atoms with Gasteiger partial charge < -0.3 is 15.0 Å². The molecule has 1 aromatic heterocycles. The molecule has 4 rings (SSSR count). The van der Waals surface area contributed by atoms with Gasteiger partial charge in [-0.3, -0.25) is 9.89 Å². The lowest BCUT2D eigenvalue weighted by Gasteiger charge is -2.17. The van der Waals surface area contributed by atoms with Crippen LogP contribution in [0.1, 0.15) is 16.8 Å². The summed E-state index contributed by atoms with van der Waals surface area (Å²) in [6.07, 6.45) is 0.806. The van der Waals surface area contributed by atoms with E-state index in [0.29, 0.717) is 22.9 Å². The number of benzene rings is 2. The van der Waals surface area contributed by atoms with Crippen molar-refractivity contribution in [3.05, 3.63) is 64.9 Å². The van der Waals surface area contributed by atoms with E-state index in [1.807, 2.05) is 6.07 Å². The van der Waals surface area contributed by atoms with Crippen LogP contribution in [-0.4, -0.2) is 42.3 Å². The molecule has 6 nitrogen and oxygen atoms in total. The van der Waals surface area contributed by atoms with Crippen LogP contribution < -0.4 is 15.0 Å². The lowest BCUT2D eigenvalue weighted by atomic mass is 10.1. The molecule has 2 aromatic carbocycles. The minimum Gasteiger partial charge on any atom is -0.496 e. The van der Waals surface area contributed by atoms with E-state index in [4.69, 9.17) is 16.3 Å². The zero-order chi connectivity index (χ0) is 20.4. The predicted molar refractivity (Wildman–Crippen MR) is 110 cm³/mol. The quantitative estimate of drug-likeness (QED) is 0.664. The highest BCUT2D eigenvalue weighted by Crippen LogP contribution is 2.26. The number of ether oxygens (including phenoxy) is 1. The van der Waals surface area contributed by atoms with Crippen LogP contribution in [0.4, 0.5) is 10.2 Å². The molecule has 3 aromatic rings. The average molecular weight is 415 g/mol. The minimum absolute atomic E-state index is 0.00569. The Morgan fingerprint density at radius 2 is 2.07 bits per heavy atom. The second-order valence-corrected chi connectivity index (χ2v) is 7.33. The first-order valence-electron chi connectivity index (χ1n) is 9.24. The van der Waals surface area contributed by atoms with Crippen LogP contribution in [0.3, 0.4) is 0 Å². The summed E-state index contributed by atoms with van der Waals surface area (Å²) in [5.41, 5.74) is 2.14. The van der Waals surface area contributed by atoms with Crippen LogP contribution in [0.25, 0.3) is 11.3 Å². The van der Waals surface area contributed by atoms with Gasteiger partial charge in [-0.05, 0) is 54.4 Å². The molecule has 0 aliphatic carbocycles. The highest BCUT2D eigenvalue weighted by Gasteiger charge is 2.27. The molecule has 0 spiro atoms. The number of anilines is 1. The number of carbonyl (C=O) groups excluding carboxylic acids is 1. The summed E-state index contributed by atoms with van der Waals surface area (Å²) in [4.78, 5) is 14.8. The van der Waals surface area contributed by atoms with Crippen molar-refractivity contribution in [1.82, 2.24) is 15.5 Å². The van der Waals surface area contributed by atoms with Gasteiger partial charge in [-0.25, -0.2) is 4.39 Å². The molecule has 2 N–H and O–H groups in total. The van der Waals surface area contributed by atoms with Gasteiger partial charge in [-0.2, -0.15) is 5.10 Å². The van der Waals surface area contributed by atoms with Crippen molar-refractivity contribution in [1.29, 1.82) is 0 Å². The van der Waals surface area contributed by atoms with Gasteiger partial charge in [-0.15, -0.1) is 0 Å². The molecule has 0 saturated carbocycles. The lowest BCUT2D eigenvalue weighted by Crippen LogP contribution is -2.37. The van der Waals surface area contributed by atoms with Gasteiger partial charge >= 0.3 is 0 Å². The van der Waals surface area contributed by atoms with Crippen molar-refractivity contribution in [2.24, 2.45) is 0 Å². The molecule has 1 atom stereocenters. The molecule has 1 fully saturated rings. The maximum Gasteiger partial charge on any atom is 0.255 e. The van der Waals surface area contributed by atoms with Crippen LogP contribution in [0, 0.1) is 5.82 Å². The molecule has 1 aliphatic rings. The normalized spacial score (nSPS) is 16.1. The first kappa shape index (κ1) is 19.3. The number of aromatic nitrogens is 2. The van der Waals surface area contributed by atoms with E-state index >= 15 is 0 Å². The standard InChI is InChI=1S/C21H20ClFN4O2/c1-29-19-10-14(22)4-7-17(19)21(28)24-16-8-9-27(12-16)20-11-18(25-26-20)13-2-5-15(23)6-3-13/h2-7,10-11,16H,8-9,12H2,1H3,(H,24,28)(H,25,26)/t16-/m0/s1. The van der Waals surface area contributed by atoms with Crippen LogP contribution in [0.15, 0.2) is 48.5 Å². The fourth-order valence-electron chi connectivity index (χ4n) is 3.45. The Morgan fingerprint density at radius 1 is 1.28 bits per heavy atom. The molecule has 150 valence electrons. The fraction of sp³-hybridized carbons (Fsp3) is 0.238. The maximum atomic E-state index is 13.1. The highest BCUT2D eigenvalue weighted by atomic mass is 35.5. The van der Waals surface area contributed by atoms with Gasteiger partial charge in [0.2, 0.25) is 0 Å². The predicted octanol–water partition coefficient (Wildman–Crippen LogP) is 3.89. The molecule has 0 bridgehead atoms. The first-order chi connectivity index (χ1) is 14.0. The number of nitrogens with one attached hydrogen (secondary N) is 2. The Bertz CT molecular complexity index is 1020. The SMILES string of the molecule is COc1cc(Cl)ccc1C(=O)N[C@H]1CCN(c2cc(-c3ccc(F)cc3)[nH]n2)C1. The topological polar surface area (TPSA) is 70.2 Å². The molecule has 1 amide bonds. The number of amides is 1. The van der Waals surface area contributed by atoms with Gasteiger partial charge in [0.15, 0.2) is 5.82 Å². The molecule has 2 heterocycles. The number of H-pyrrole nitrogens is 1. The zero-order valence-corrected chi connectivity index (χ0v) is 16.5. The van der Waals surface area contributed by atoms with Crippen LogP contribution >= 0.6 is 11.6 Å². The third-order valence-corrected chi connectivity index (χ3v) is 5.21. The van der Waals surface area contributed by atoms with Crippen molar-refractivity contribution >= 4 is 23.3 Å². The smallest absolute Gasteiger partial charge is 0.255 e. The number of halogens is 2. The summed E-state index contributed by atoms with van der Waals surface area (Å²) in [6, 6.07) is 13.1. The first-order valence-corrected chi connectivity index (χ1v) is 9.62. The maximum absolute atomic E-state index is 13.1. The highest BCUT2D eigenvalue weighted by molar-refractivity contribution is 6.30.